The maximum atomic E-state index is 11.3. The average molecular weight is 371 g/mol. The normalized spacial score (nSPS) is 19.9. The molecule has 11 nitrogen and oxygen atoms in total. The largest absolute Gasteiger partial charge is 0.481 e. The van der Waals surface area contributed by atoms with E-state index >= 15 is 0 Å². The van der Waals surface area contributed by atoms with E-state index in [-0.39, 0.29) is 35.5 Å². The molecule has 0 fully saturated rings. The van der Waals surface area contributed by atoms with Crippen LogP contribution >= 0.6 is 0 Å². The topological polar surface area (TPSA) is 213 Å². The van der Waals surface area contributed by atoms with Gasteiger partial charge in [0.05, 0.1) is 31.2 Å². The summed E-state index contributed by atoms with van der Waals surface area (Å²) in [5.74, 6) is -5.23. The lowest BCUT2D eigenvalue weighted by Crippen LogP contribution is -2.57. The fourth-order valence-corrected chi connectivity index (χ4v) is 3.08. The minimum atomic E-state index is -1.58. The van der Waals surface area contributed by atoms with Gasteiger partial charge in [-0.1, -0.05) is 0 Å². The van der Waals surface area contributed by atoms with Gasteiger partial charge in [0.25, 0.3) is 0 Å². The Kier molecular flexibility index (Phi) is 6.86. The number of nitrogens with two attached hydrogens (primary N) is 2. The van der Waals surface area contributed by atoms with E-state index in [1.807, 2.05) is 0 Å². The van der Waals surface area contributed by atoms with Gasteiger partial charge in [-0.05, 0) is 16.7 Å². The van der Waals surface area contributed by atoms with E-state index in [4.69, 9.17) is 16.6 Å². The lowest BCUT2D eigenvalue weighted by molar-refractivity contribution is -0.140. The van der Waals surface area contributed by atoms with Crippen LogP contribution in [0.2, 0.25) is 0 Å². The second-order valence-corrected chi connectivity index (χ2v) is 5.81. The SMILES string of the molecule is NCC1=C(CC(=O)O)C(CC(=O)O)=C(CC(=O)O)C(CN)(CC(=O)O)N1. The van der Waals surface area contributed by atoms with Crippen molar-refractivity contribution >= 4 is 23.9 Å². The molecule has 9 N–H and O–H groups in total. The van der Waals surface area contributed by atoms with Crippen molar-refractivity contribution in [2.45, 2.75) is 31.2 Å². The molecule has 1 aliphatic heterocycles. The Morgan fingerprint density at radius 2 is 1.31 bits per heavy atom. The first-order valence-electron chi connectivity index (χ1n) is 7.56. The van der Waals surface area contributed by atoms with Gasteiger partial charge in [0.2, 0.25) is 0 Å². The third kappa shape index (κ3) is 4.80. The van der Waals surface area contributed by atoms with E-state index in [1.165, 1.54) is 0 Å². The molecule has 26 heavy (non-hydrogen) atoms. The number of hydrogen-bond acceptors (Lipinski definition) is 7. The molecule has 0 saturated heterocycles. The molecule has 1 atom stereocenters. The molecule has 0 saturated carbocycles. The van der Waals surface area contributed by atoms with Crippen LogP contribution in [0.15, 0.2) is 22.4 Å². The maximum absolute atomic E-state index is 11.3. The van der Waals surface area contributed by atoms with E-state index in [2.05, 4.69) is 5.32 Å². The van der Waals surface area contributed by atoms with Gasteiger partial charge in [0, 0.05) is 18.8 Å². The molecular formula is C15H21N3O8. The smallest absolute Gasteiger partial charge is 0.307 e. The highest BCUT2D eigenvalue weighted by molar-refractivity contribution is 5.81. The third-order valence-corrected chi connectivity index (χ3v) is 4.05. The lowest BCUT2D eigenvalue weighted by Gasteiger charge is -2.42. The summed E-state index contributed by atoms with van der Waals surface area (Å²) in [6.07, 6.45) is -2.60. The minimum Gasteiger partial charge on any atom is -0.481 e. The summed E-state index contributed by atoms with van der Waals surface area (Å²) in [5, 5.41) is 39.6. The van der Waals surface area contributed by atoms with Crippen molar-refractivity contribution in [2.24, 2.45) is 11.5 Å². The van der Waals surface area contributed by atoms with Crippen LogP contribution in [0.4, 0.5) is 0 Å². The molecule has 1 unspecified atom stereocenters. The second kappa shape index (κ2) is 8.45. The van der Waals surface area contributed by atoms with Crippen LogP contribution in [-0.2, 0) is 19.2 Å². The van der Waals surface area contributed by atoms with E-state index in [0.717, 1.165) is 0 Å². The van der Waals surface area contributed by atoms with Gasteiger partial charge in [-0.3, -0.25) is 19.2 Å². The zero-order chi connectivity index (χ0) is 20.1. The molecule has 0 aromatic carbocycles. The van der Waals surface area contributed by atoms with Crippen molar-refractivity contribution in [3.63, 3.8) is 0 Å². The molecular weight excluding hydrogens is 350 g/mol. The number of aliphatic carboxylic acids is 4. The Balaban J connectivity index is 3.77. The molecule has 0 spiro atoms. The Bertz CT molecular complexity index is 697. The van der Waals surface area contributed by atoms with Crippen molar-refractivity contribution in [2.75, 3.05) is 13.1 Å². The Morgan fingerprint density at radius 3 is 1.69 bits per heavy atom. The summed E-state index contributed by atoms with van der Waals surface area (Å²) in [7, 11) is 0. The number of hydrogen-bond donors (Lipinski definition) is 7. The summed E-state index contributed by atoms with van der Waals surface area (Å²) in [6, 6.07) is 0. The molecule has 0 bridgehead atoms. The highest BCUT2D eigenvalue weighted by Gasteiger charge is 2.43. The molecule has 11 heteroatoms. The van der Waals surface area contributed by atoms with Gasteiger partial charge in [0.1, 0.15) is 0 Å². The molecule has 0 amide bonds. The van der Waals surface area contributed by atoms with Gasteiger partial charge >= 0.3 is 23.9 Å². The van der Waals surface area contributed by atoms with Crippen LogP contribution in [-0.4, -0.2) is 62.9 Å². The fourth-order valence-electron chi connectivity index (χ4n) is 3.08. The van der Waals surface area contributed by atoms with E-state index in [9.17, 15) is 34.5 Å². The second-order valence-electron chi connectivity index (χ2n) is 5.81. The first-order valence-corrected chi connectivity index (χ1v) is 7.56. The van der Waals surface area contributed by atoms with Crippen molar-refractivity contribution in [1.82, 2.24) is 5.32 Å². The first kappa shape index (κ1) is 21.1. The minimum absolute atomic E-state index is 0.0353. The third-order valence-electron chi connectivity index (χ3n) is 4.05. The van der Waals surface area contributed by atoms with E-state index in [0.29, 0.717) is 0 Å². The number of carboxylic acids is 4. The zero-order valence-electron chi connectivity index (χ0n) is 13.8. The van der Waals surface area contributed by atoms with Crippen LogP contribution in [0.1, 0.15) is 25.7 Å². The average Bonchev–Trinajstić information content (AvgIpc) is 2.51. The molecule has 1 rings (SSSR count). The molecule has 144 valence electrons. The van der Waals surface area contributed by atoms with Crippen molar-refractivity contribution in [1.29, 1.82) is 0 Å². The Hall–Kier alpha value is -2.92. The maximum Gasteiger partial charge on any atom is 0.307 e. The molecule has 0 aromatic rings. The number of dihydropyridines is 1. The fraction of sp³-hybridized carbons (Fsp3) is 0.467. The van der Waals surface area contributed by atoms with Crippen LogP contribution in [0, 0.1) is 0 Å². The van der Waals surface area contributed by atoms with E-state index in [1.54, 1.807) is 0 Å². The van der Waals surface area contributed by atoms with E-state index < -0.39 is 55.1 Å². The molecule has 1 heterocycles. The van der Waals surface area contributed by atoms with Gasteiger partial charge < -0.3 is 37.2 Å². The first-order chi connectivity index (χ1) is 12.1. The number of nitrogens with one attached hydrogen (secondary N) is 1. The highest BCUT2D eigenvalue weighted by Crippen LogP contribution is 2.38. The summed E-state index contributed by atoms with van der Waals surface area (Å²) in [5.41, 5.74) is 9.82. The van der Waals surface area contributed by atoms with Gasteiger partial charge in [-0.15, -0.1) is 0 Å². The van der Waals surface area contributed by atoms with Crippen LogP contribution in [0.25, 0.3) is 0 Å². The van der Waals surface area contributed by atoms with Crippen LogP contribution < -0.4 is 16.8 Å². The summed E-state index contributed by atoms with van der Waals surface area (Å²) in [4.78, 5) is 45.1. The van der Waals surface area contributed by atoms with Crippen LogP contribution in [0.3, 0.4) is 0 Å². The Labute approximate surface area is 148 Å². The predicted octanol–water partition coefficient (Wildman–Crippen LogP) is -1.30. The molecule has 1 aliphatic rings. The van der Waals surface area contributed by atoms with Gasteiger partial charge in [-0.25, -0.2) is 0 Å². The molecule has 0 aliphatic carbocycles. The summed E-state index contributed by atoms with van der Waals surface area (Å²) in [6.45, 7) is -0.581. The van der Waals surface area contributed by atoms with Crippen molar-refractivity contribution in [3.05, 3.63) is 22.4 Å². The van der Waals surface area contributed by atoms with Crippen molar-refractivity contribution in [3.8, 4) is 0 Å². The van der Waals surface area contributed by atoms with Gasteiger partial charge in [0.15, 0.2) is 0 Å². The standard InChI is InChI=1S/C15H21N3O8/c16-5-10-8(2-12(21)22)7(1-11(19)20)9(3-13(23)24)15(6-17,18-10)4-14(25)26/h18H,1-6,16-17H2,(H,19,20)(H,21,22)(H,23,24)(H,25,26). The van der Waals surface area contributed by atoms with Crippen molar-refractivity contribution < 1.29 is 39.6 Å². The number of carbonyl (C=O) groups is 4. The number of carboxylic acid groups (broad SMARTS) is 4. The highest BCUT2D eigenvalue weighted by atomic mass is 16.4. The van der Waals surface area contributed by atoms with Gasteiger partial charge in [-0.2, -0.15) is 0 Å². The predicted molar refractivity (Wildman–Crippen MR) is 87.0 cm³/mol. The monoisotopic (exact) mass is 371 g/mol. The molecule has 0 aromatic heterocycles. The molecule has 0 radical (unpaired) electrons. The zero-order valence-corrected chi connectivity index (χ0v) is 13.8. The quantitative estimate of drug-likeness (QED) is 0.239. The summed E-state index contributed by atoms with van der Waals surface area (Å²) >= 11 is 0. The summed E-state index contributed by atoms with van der Waals surface area (Å²) < 4.78 is 0. The van der Waals surface area contributed by atoms with Crippen LogP contribution in [0.5, 0.6) is 0 Å². The lowest BCUT2D eigenvalue weighted by atomic mass is 9.74. The Morgan fingerprint density at radius 1 is 0.808 bits per heavy atom. The number of rotatable bonds is 10.